The van der Waals surface area contributed by atoms with Crippen LogP contribution in [0.15, 0.2) is 91.1 Å². The first-order valence-corrected chi connectivity index (χ1v) is 15.9. The average Bonchev–Trinajstić information content (AvgIpc) is 3.55. The van der Waals surface area contributed by atoms with E-state index in [1.165, 1.54) is 51.8 Å². The highest BCUT2D eigenvalue weighted by molar-refractivity contribution is 6.09. The standard InChI is InChI=1S/C40H37FN4O/c1-7-34-40(39-26(5)17-24(3)18-27(39)6)35(8-2)45(43-34)29-19-25(4)20-31(22-29)46-30-13-14-33-32-11-9-10-12-36(32)44(37(33)23-30)38-21-28(41)15-16-42-38/h9-23H,7-8H2,1-6H3. The van der Waals surface area contributed by atoms with E-state index in [2.05, 4.69) is 87.6 Å². The van der Waals surface area contributed by atoms with Gasteiger partial charge >= 0.3 is 0 Å². The highest BCUT2D eigenvalue weighted by Gasteiger charge is 2.22. The van der Waals surface area contributed by atoms with E-state index in [9.17, 15) is 4.39 Å². The molecular formula is C40H37FN4O. The number of rotatable bonds is 7. The van der Waals surface area contributed by atoms with Crippen LogP contribution in [0.2, 0.25) is 0 Å². The van der Waals surface area contributed by atoms with Gasteiger partial charge in [0.1, 0.15) is 23.1 Å². The molecule has 0 unspecified atom stereocenters. The summed E-state index contributed by atoms with van der Waals surface area (Å²) in [5.41, 5.74) is 12.5. The van der Waals surface area contributed by atoms with Gasteiger partial charge in [-0.2, -0.15) is 5.10 Å². The van der Waals surface area contributed by atoms with Crippen molar-refractivity contribution in [1.29, 1.82) is 0 Å². The van der Waals surface area contributed by atoms with Crippen LogP contribution in [-0.4, -0.2) is 19.3 Å². The van der Waals surface area contributed by atoms with E-state index < -0.39 is 0 Å². The zero-order valence-corrected chi connectivity index (χ0v) is 27.1. The van der Waals surface area contributed by atoms with Crippen molar-refractivity contribution < 1.29 is 9.13 Å². The Kier molecular flexibility index (Phi) is 7.44. The van der Waals surface area contributed by atoms with E-state index in [1.54, 1.807) is 0 Å². The Morgan fingerprint density at radius 2 is 1.43 bits per heavy atom. The largest absolute Gasteiger partial charge is 0.457 e. The van der Waals surface area contributed by atoms with Crippen molar-refractivity contribution in [3.05, 3.63) is 131 Å². The second-order valence-corrected chi connectivity index (χ2v) is 12.1. The molecule has 0 fully saturated rings. The summed E-state index contributed by atoms with van der Waals surface area (Å²) in [5.74, 6) is 1.60. The number of para-hydroxylation sites is 1. The number of ether oxygens (including phenoxy) is 1. The van der Waals surface area contributed by atoms with Crippen molar-refractivity contribution in [3.63, 3.8) is 0 Å². The Balaban J connectivity index is 1.33. The summed E-state index contributed by atoms with van der Waals surface area (Å²) >= 11 is 0. The van der Waals surface area contributed by atoms with Crippen LogP contribution in [-0.2, 0) is 12.8 Å². The summed E-state index contributed by atoms with van der Waals surface area (Å²) in [4.78, 5) is 4.49. The minimum Gasteiger partial charge on any atom is -0.457 e. The molecule has 0 aliphatic heterocycles. The van der Waals surface area contributed by atoms with Crippen LogP contribution < -0.4 is 4.74 Å². The molecular weight excluding hydrogens is 571 g/mol. The van der Waals surface area contributed by atoms with Crippen molar-refractivity contribution in [2.75, 3.05) is 0 Å². The maximum atomic E-state index is 14.3. The van der Waals surface area contributed by atoms with Gasteiger partial charge in [-0.25, -0.2) is 14.1 Å². The Morgan fingerprint density at radius 3 is 2.17 bits per heavy atom. The third-order valence-electron chi connectivity index (χ3n) is 8.75. The summed E-state index contributed by atoms with van der Waals surface area (Å²) in [6, 6.07) is 27.8. The molecule has 0 bridgehead atoms. The van der Waals surface area contributed by atoms with Gasteiger partial charge in [0.15, 0.2) is 0 Å². The third kappa shape index (κ3) is 5.04. The summed E-state index contributed by atoms with van der Waals surface area (Å²) in [5, 5.41) is 7.29. The molecule has 0 spiro atoms. The predicted octanol–water partition coefficient (Wildman–Crippen LogP) is 10.3. The van der Waals surface area contributed by atoms with Gasteiger partial charge < -0.3 is 4.74 Å². The molecule has 0 amide bonds. The minimum absolute atomic E-state index is 0.331. The molecule has 0 aliphatic carbocycles. The van der Waals surface area contributed by atoms with Crippen molar-refractivity contribution in [2.24, 2.45) is 0 Å². The first-order chi connectivity index (χ1) is 22.2. The topological polar surface area (TPSA) is 44.9 Å². The fourth-order valence-electron chi connectivity index (χ4n) is 6.98. The molecule has 230 valence electrons. The summed E-state index contributed by atoms with van der Waals surface area (Å²) < 4.78 is 25.0. The van der Waals surface area contributed by atoms with Crippen LogP contribution in [0.25, 0.3) is 44.4 Å². The third-order valence-corrected chi connectivity index (χ3v) is 8.75. The van der Waals surface area contributed by atoms with Gasteiger partial charge in [-0.3, -0.25) is 4.57 Å². The van der Waals surface area contributed by atoms with Crippen LogP contribution in [0.5, 0.6) is 11.5 Å². The van der Waals surface area contributed by atoms with E-state index in [1.807, 2.05) is 41.0 Å². The van der Waals surface area contributed by atoms with Crippen LogP contribution in [0.3, 0.4) is 0 Å². The van der Waals surface area contributed by atoms with Crippen LogP contribution in [0.4, 0.5) is 4.39 Å². The molecule has 0 radical (unpaired) electrons. The van der Waals surface area contributed by atoms with Gasteiger partial charge in [0.25, 0.3) is 0 Å². The second kappa shape index (κ2) is 11.6. The monoisotopic (exact) mass is 608 g/mol. The average molecular weight is 609 g/mol. The summed E-state index contributed by atoms with van der Waals surface area (Å²) in [7, 11) is 0. The maximum absolute atomic E-state index is 14.3. The summed E-state index contributed by atoms with van der Waals surface area (Å²) in [6.45, 7) is 13.0. The Hall–Kier alpha value is -5.23. The molecule has 5 nitrogen and oxygen atoms in total. The number of halogens is 1. The Labute approximate surface area is 268 Å². The van der Waals surface area contributed by atoms with E-state index in [0.717, 1.165) is 57.3 Å². The summed E-state index contributed by atoms with van der Waals surface area (Å²) in [6.07, 6.45) is 3.18. The van der Waals surface area contributed by atoms with Crippen molar-refractivity contribution in [3.8, 4) is 34.1 Å². The number of aryl methyl sites for hydroxylation is 5. The molecule has 3 heterocycles. The number of hydrogen-bond donors (Lipinski definition) is 0. The number of aromatic nitrogens is 4. The van der Waals surface area contributed by atoms with Gasteiger partial charge in [0, 0.05) is 40.7 Å². The minimum atomic E-state index is -0.331. The lowest BCUT2D eigenvalue weighted by Gasteiger charge is -2.15. The van der Waals surface area contributed by atoms with E-state index in [-0.39, 0.29) is 5.82 Å². The lowest BCUT2D eigenvalue weighted by molar-refractivity contribution is 0.482. The van der Waals surface area contributed by atoms with Gasteiger partial charge in [-0.1, -0.05) is 49.7 Å². The first-order valence-electron chi connectivity index (χ1n) is 15.9. The lowest BCUT2D eigenvalue weighted by atomic mass is 9.91. The normalized spacial score (nSPS) is 11.5. The highest BCUT2D eigenvalue weighted by atomic mass is 19.1. The number of fused-ring (bicyclic) bond motifs is 3. The van der Waals surface area contributed by atoms with Crippen molar-refractivity contribution in [2.45, 2.75) is 54.4 Å². The Morgan fingerprint density at radius 1 is 0.696 bits per heavy atom. The highest BCUT2D eigenvalue weighted by Crippen LogP contribution is 2.38. The smallest absolute Gasteiger partial charge is 0.140 e. The molecule has 0 saturated heterocycles. The Bertz CT molecular complexity index is 2250. The molecule has 0 aliphatic rings. The van der Waals surface area contributed by atoms with Gasteiger partial charge in [-0.05, 0) is 99.2 Å². The molecule has 7 rings (SSSR count). The van der Waals surface area contributed by atoms with Gasteiger partial charge in [0.2, 0.25) is 0 Å². The van der Waals surface area contributed by atoms with Crippen LogP contribution in [0, 0.1) is 33.5 Å². The van der Waals surface area contributed by atoms with Crippen LogP contribution in [0.1, 0.15) is 47.5 Å². The number of pyridine rings is 1. The zero-order valence-electron chi connectivity index (χ0n) is 27.1. The van der Waals surface area contributed by atoms with Crippen molar-refractivity contribution >= 4 is 21.8 Å². The fourth-order valence-corrected chi connectivity index (χ4v) is 6.98. The fraction of sp³-hybridized carbons (Fsp3) is 0.200. The number of benzene rings is 4. The van der Waals surface area contributed by atoms with Gasteiger partial charge in [-0.15, -0.1) is 0 Å². The molecule has 0 saturated carbocycles. The van der Waals surface area contributed by atoms with E-state index in [0.29, 0.717) is 11.6 Å². The molecule has 3 aromatic heterocycles. The van der Waals surface area contributed by atoms with E-state index in [4.69, 9.17) is 9.84 Å². The zero-order chi connectivity index (χ0) is 32.1. The van der Waals surface area contributed by atoms with Gasteiger partial charge in [0.05, 0.1) is 28.1 Å². The number of hydrogen-bond acceptors (Lipinski definition) is 3. The maximum Gasteiger partial charge on any atom is 0.140 e. The molecule has 7 aromatic rings. The van der Waals surface area contributed by atoms with Crippen LogP contribution >= 0.6 is 0 Å². The first kappa shape index (κ1) is 29.5. The molecule has 46 heavy (non-hydrogen) atoms. The SMILES string of the molecule is CCc1nn(-c2cc(C)cc(Oc3ccc4c5ccccc5n(-c5cc(F)ccn5)c4c3)c2)c(CC)c1-c1c(C)cc(C)cc1C. The second-order valence-electron chi connectivity index (χ2n) is 12.1. The molecule has 4 aromatic carbocycles. The lowest BCUT2D eigenvalue weighted by Crippen LogP contribution is -2.03. The number of nitrogens with zero attached hydrogens (tertiary/aromatic N) is 4. The van der Waals surface area contributed by atoms with Crippen molar-refractivity contribution in [1.82, 2.24) is 19.3 Å². The molecule has 0 N–H and O–H groups in total. The molecule has 0 atom stereocenters. The predicted molar refractivity (Wildman–Crippen MR) is 185 cm³/mol. The molecule has 6 heteroatoms. The quantitative estimate of drug-likeness (QED) is 0.181. The van der Waals surface area contributed by atoms with E-state index >= 15 is 0 Å².